The number of aryl methyl sites for hydroxylation is 1. The molecule has 0 bridgehead atoms. The Kier molecular flexibility index (Phi) is 11.6. The second-order valence-electron chi connectivity index (χ2n) is 9.13. The average molecular weight is 536 g/mol. The lowest BCUT2D eigenvalue weighted by Gasteiger charge is -2.24. The fraction of sp³-hybridized carbons (Fsp3) is 0.357. The maximum Gasteiger partial charge on any atom is 0.412 e. The van der Waals surface area contributed by atoms with Gasteiger partial charge in [0.05, 0.1) is 24.2 Å². The van der Waals surface area contributed by atoms with Crippen molar-refractivity contribution in [3.63, 3.8) is 0 Å². The molecule has 208 valence electrons. The molecule has 1 heterocycles. The van der Waals surface area contributed by atoms with Crippen molar-refractivity contribution in [2.75, 3.05) is 32.7 Å². The Morgan fingerprint density at radius 1 is 0.974 bits per heavy atom. The minimum atomic E-state index is -1.06. The van der Waals surface area contributed by atoms with Gasteiger partial charge in [-0.1, -0.05) is 48.5 Å². The van der Waals surface area contributed by atoms with E-state index in [1.54, 1.807) is 6.07 Å². The number of fused-ring (bicyclic) bond motifs is 1. The van der Waals surface area contributed by atoms with Gasteiger partial charge < -0.3 is 37.5 Å². The molecule has 0 radical (unpaired) electrons. The molecule has 0 fully saturated rings. The molecule has 0 saturated heterocycles. The quantitative estimate of drug-likeness (QED) is 0.202. The minimum Gasteiger partial charge on any atom is -0.409 e. The summed E-state index contributed by atoms with van der Waals surface area (Å²) >= 11 is 0. The number of para-hydroxylation sites is 1. The zero-order valence-corrected chi connectivity index (χ0v) is 21.9. The standard InChI is InChI=1S/C28H37N7O4/c29-12-14-35(15-13-30)26(36)17-24(31)27(37)34-22(11-10-20-6-2-1-3-7-20)18-33-28(38)39-23-16-21-8-4-5-9-25(21)32-19-23/h1-9,16,19,22,24H,10-15,17-18,29-31H2,(H,33,38)(H,34,37)/t22-,24-/m0/s1. The van der Waals surface area contributed by atoms with Crippen LogP contribution < -0.4 is 32.6 Å². The van der Waals surface area contributed by atoms with E-state index in [4.69, 9.17) is 21.9 Å². The summed E-state index contributed by atoms with van der Waals surface area (Å²) in [5.41, 5.74) is 19.1. The van der Waals surface area contributed by atoms with Crippen LogP contribution in [-0.4, -0.2) is 72.6 Å². The summed E-state index contributed by atoms with van der Waals surface area (Å²) in [4.78, 5) is 43.8. The molecular weight excluding hydrogens is 498 g/mol. The first-order valence-electron chi connectivity index (χ1n) is 13.0. The van der Waals surface area contributed by atoms with Crippen LogP contribution in [0.15, 0.2) is 66.9 Å². The molecule has 3 aromatic rings. The van der Waals surface area contributed by atoms with Gasteiger partial charge in [0.2, 0.25) is 11.8 Å². The van der Waals surface area contributed by atoms with Crippen LogP contribution in [0.1, 0.15) is 18.4 Å². The molecule has 8 N–H and O–H groups in total. The SMILES string of the molecule is NCCN(CCN)C(=O)C[C@H](N)C(=O)N[C@@H](CCc1ccccc1)CNC(=O)Oc1cnc2ccccc2c1. The van der Waals surface area contributed by atoms with E-state index in [-0.39, 0.29) is 32.0 Å². The second kappa shape index (κ2) is 15.4. The molecule has 39 heavy (non-hydrogen) atoms. The van der Waals surface area contributed by atoms with Gasteiger partial charge in [-0.3, -0.25) is 14.6 Å². The van der Waals surface area contributed by atoms with Crippen molar-refractivity contribution in [3.05, 3.63) is 72.4 Å². The Hall–Kier alpha value is -4.06. The lowest BCUT2D eigenvalue weighted by Crippen LogP contribution is -2.51. The first-order valence-corrected chi connectivity index (χ1v) is 13.0. The monoisotopic (exact) mass is 535 g/mol. The van der Waals surface area contributed by atoms with E-state index < -0.39 is 24.1 Å². The molecule has 0 aliphatic heterocycles. The minimum absolute atomic E-state index is 0.103. The number of nitrogens with one attached hydrogen (secondary N) is 2. The molecule has 3 amide bonds. The number of ether oxygens (including phenoxy) is 1. The Bertz CT molecular complexity index is 1220. The highest BCUT2D eigenvalue weighted by atomic mass is 16.6. The van der Waals surface area contributed by atoms with Crippen molar-refractivity contribution >= 4 is 28.8 Å². The molecule has 0 aliphatic carbocycles. The van der Waals surface area contributed by atoms with Crippen LogP contribution in [0.5, 0.6) is 5.75 Å². The predicted octanol–water partition coefficient (Wildman–Crippen LogP) is 0.904. The summed E-state index contributed by atoms with van der Waals surface area (Å²) in [5.74, 6) is -0.480. The van der Waals surface area contributed by atoms with Gasteiger partial charge in [0.15, 0.2) is 5.75 Å². The van der Waals surface area contributed by atoms with E-state index in [1.165, 1.54) is 11.1 Å². The van der Waals surface area contributed by atoms with Crippen LogP contribution in [0.25, 0.3) is 10.9 Å². The largest absolute Gasteiger partial charge is 0.412 e. The number of aromatic nitrogens is 1. The predicted molar refractivity (Wildman–Crippen MR) is 150 cm³/mol. The molecule has 0 spiro atoms. The van der Waals surface area contributed by atoms with E-state index in [0.29, 0.717) is 31.7 Å². The van der Waals surface area contributed by atoms with Crippen LogP contribution in [0.3, 0.4) is 0 Å². The van der Waals surface area contributed by atoms with Gasteiger partial charge in [0.25, 0.3) is 0 Å². The van der Waals surface area contributed by atoms with Gasteiger partial charge >= 0.3 is 6.09 Å². The van der Waals surface area contributed by atoms with Gasteiger partial charge in [-0.25, -0.2) is 4.79 Å². The number of nitrogens with two attached hydrogens (primary N) is 3. The maximum absolute atomic E-state index is 12.9. The fourth-order valence-corrected chi connectivity index (χ4v) is 4.06. The molecule has 1 aromatic heterocycles. The molecule has 11 nitrogen and oxygen atoms in total. The van der Waals surface area contributed by atoms with Gasteiger partial charge in [-0.05, 0) is 30.5 Å². The summed E-state index contributed by atoms with van der Waals surface area (Å²) in [5, 5.41) is 6.42. The fourth-order valence-electron chi connectivity index (χ4n) is 4.06. The van der Waals surface area contributed by atoms with Crippen molar-refractivity contribution in [2.45, 2.75) is 31.3 Å². The zero-order chi connectivity index (χ0) is 28.0. The van der Waals surface area contributed by atoms with Gasteiger partial charge in [0, 0.05) is 44.2 Å². The zero-order valence-electron chi connectivity index (χ0n) is 21.9. The van der Waals surface area contributed by atoms with E-state index in [1.807, 2.05) is 54.6 Å². The first-order chi connectivity index (χ1) is 18.9. The number of amides is 3. The van der Waals surface area contributed by atoms with Crippen molar-refractivity contribution in [1.29, 1.82) is 0 Å². The lowest BCUT2D eigenvalue weighted by atomic mass is 10.0. The Balaban J connectivity index is 1.59. The van der Waals surface area contributed by atoms with Crippen LogP contribution in [0.4, 0.5) is 4.79 Å². The summed E-state index contributed by atoms with van der Waals surface area (Å²) in [6.45, 7) is 1.34. The van der Waals surface area contributed by atoms with Gasteiger partial charge in [-0.15, -0.1) is 0 Å². The third-order valence-corrected chi connectivity index (χ3v) is 6.12. The third kappa shape index (κ3) is 9.64. The van der Waals surface area contributed by atoms with Crippen LogP contribution in [0.2, 0.25) is 0 Å². The summed E-state index contributed by atoms with van der Waals surface area (Å²) < 4.78 is 5.39. The van der Waals surface area contributed by atoms with E-state index >= 15 is 0 Å². The number of pyridine rings is 1. The Labute approximate surface area is 228 Å². The number of benzene rings is 2. The number of hydrogen-bond donors (Lipinski definition) is 5. The van der Waals surface area contributed by atoms with E-state index in [0.717, 1.165) is 16.5 Å². The van der Waals surface area contributed by atoms with Crippen LogP contribution in [0, 0.1) is 0 Å². The highest BCUT2D eigenvalue weighted by Gasteiger charge is 2.24. The van der Waals surface area contributed by atoms with E-state index in [2.05, 4.69) is 15.6 Å². The normalized spacial score (nSPS) is 12.4. The molecule has 0 unspecified atom stereocenters. The molecular formula is C28H37N7O4. The Morgan fingerprint density at radius 3 is 2.38 bits per heavy atom. The molecule has 2 atom stereocenters. The summed E-state index contributed by atoms with van der Waals surface area (Å²) in [7, 11) is 0. The van der Waals surface area contributed by atoms with Crippen LogP contribution in [-0.2, 0) is 16.0 Å². The molecule has 11 heteroatoms. The highest BCUT2D eigenvalue weighted by Crippen LogP contribution is 2.18. The molecule has 3 rings (SSSR count). The molecule has 0 saturated carbocycles. The second-order valence-corrected chi connectivity index (χ2v) is 9.13. The van der Waals surface area contributed by atoms with Crippen molar-refractivity contribution in [3.8, 4) is 5.75 Å². The highest BCUT2D eigenvalue weighted by molar-refractivity contribution is 5.88. The van der Waals surface area contributed by atoms with Crippen molar-refractivity contribution in [1.82, 2.24) is 20.5 Å². The van der Waals surface area contributed by atoms with Gasteiger partial charge in [0.1, 0.15) is 0 Å². The summed E-state index contributed by atoms with van der Waals surface area (Å²) in [6, 6.07) is 17.5. The molecule has 0 aliphatic rings. The first kappa shape index (κ1) is 29.5. The number of carbonyl (C=O) groups is 3. The third-order valence-electron chi connectivity index (χ3n) is 6.12. The Morgan fingerprint density at radius 2 is 1.67 bits per heavy atom. The number of carbonyl (C=O) groups excluding carboxylic acids is 3. The number of nitrogens with zero attached hydrogens (tertiary/aromatic N) is 2. The maximum atomic E-state index is 12.9. The van der Waals surface area contributed by atoms with Crippen molar-refractivity contribution < 1.29 is 19.1 Å². The molecule has 2 aromatic carbocycles. The number of hydrogen-bond acceptors (Lipinski definition) is 8. The average Bonchev–Trinajstić information content (AvgIpc) is 2.94. The van der Waals surface area contributed by atoms with Crippen LogP contribution >= 0.6 is 0 Å². The smallest absolute Gasteiger partial charge is 0.409 e. The lowest BCUT2D eigenvalue weighted by molar-refractivity contribution is -0.134. The topological polar surface area (TPSA) is 179 Å². The van der Waals surface area contributed by atoms with E-state index in [9.17, 15) is 14.4 Å². The number of rotatable bonds is 14. The van der Waals surface area contributed by atoms with Crippen molar-refractivity contribution in [2.24, 2.45) is 17.2 Å². The van der Waals surface area contributed by atoms with Gasteiger partial charge in [-0.2, -0.15) is 0 Å². The summed E-state index contributed by atoms with van der Waals surface area (Å²) in [6.07, 6.45) is 1.81.